The zero-order chi connectivity index (χ0) is 16.1. The third kappa shape index (κ3) is 2.77. The van der Waals surface area contributed by atoms with Gasteiger partial charge < -0.3 is 19.7 Å². The predicted octanol–water partition coefficient (Wildman–Crippen LogP) is 2.89. The number of fused-ring (bicyclic) bond motifs is 1. The third-order valence-electron chi connectivity index (χ3n) is 6.40. The molecular formula is C19H25ClN2O3. The van der Waals surface area contributed by atoms with Crippen molar-refractivity contribution in [1.82, 2.24) is 10.2 Å². The van der Waals surface area contributed by atoms with E-state index in [1.54, 1.807) is 0 Å². The number of piperidine rings is 1. The van der Waals surface area contributed by atoms with Crippen molar-refractivity contribution in [3.63, 3.8) is 0 Å². The minimum Gasteiger partial charge on any atom is -0.454 e. The quantitative estimate of drug-likeness (QED) is 0.876. The Bertz CT molecular complexity index is 675. The minimum absolute atomic E-state index is 0. The van der Waals surface area contributed by atoms with Gasteiger partial charge in [0.1, 0.15) is 0 Å². The van der Waals surface area contributed by atoms with E-state index >= 15 is 0 Å². The molecule has 1 amide bonds. The number of carbonyl (C=O) groups is 1. The molecule has 2 atom stereocenters. The highest BCUT2D eigenvalue weighted by Crippen LogP contribution is 2.60. The van der Waals surface area contributed by atoms with E-state index in [0.29, 0.717) is 18.1 Å². The van der Waals surface area contributed by atoms with E-state index in [1.165, 1.54) is 5.56 Å². The van der Waals surface area contributed by atoms with Gasteiger partial charge in [0.2, 0.25) is 12.7 Å². The second-order valence-electron chi connectivity index (χ2n) is 7.67. The van der Waals surface area contributed by atoms with Gasteiger partial charge in [-0.1, -0.05) is 6.07 Å². The SMILES string of the molecule is Cl.O=C(C1CC12CCNCC2)N1CCCC1c1ccc2c(c1)OCO2. The van der Waals surface area contributed by atoms with Crippen LogP contribution in [-0.4, -0.2) is 37.2 Å². The maximum Gasteiger partial charge on any atom is 0.231 e. The van der Waals surface area contributed by atoms with Crippen molar-refractivity contribution in [3.05, 3.63) is 23.8 Å². The lowest BCUT2D eigenvalue weighted by molar-refractivity contribution is -0.134. The van der Waals surface area contributed by atoms with Crippen molar-refractivity contribution in [1.29, 1.82) is 0 Å². The average molecular weight is 365 g/mol. The van der Waals surface area contributed by atoms with E-state index in [0.717, 1.165) is 63.2 Å². The second kappa shape index (κ2) is 6.36. The van der Waals surface area contributed by atoms with Gasteiger partial charge in [0.05, 0.1) is 6.04 Å². The molecule has 136 valence electrons. The molecule has 2 unspecified atom stereocenters. The summed E-state index contributed by atoms with van der Waals surface area (Å²) in [6, 6.07) is 6.33. The lowest BCUT2D eigenvalue weighted by Crippen LogP contribution is -2.36. The highest BCUT2D eigenvalue weighted by molar-refractivity contribution is 5.85. The molecule has 1 aromatic carbocycles. The highest BCUT2D eigenvalue weighted by atomic mass is 35.5. The van der Waals surface area contributed by atoms with Crippen LogP contribution in [0.1, 0.15) is 43.7 Å². The van der Waals surface area contributed by atoms with E-state index in [2.05, 4.69) is 22.3 Å². The monoisotopic (exact) mass is 364 g/mol. The Morgan fingerprint density at radius 3 is 2.84 bits per heavy atom. The Balaban J connectivity index is 0.00000157. The molecule has 2 saturated heterocycles. The first-order valence-corrected chi connectivity index (χ1v) is 9.18. The van der Waals surface area contributed by atoms with Gasteiger partial charge in [0.15, 0.2) is 11.5 Å². The van der Waals surface area contributed by atoms with Gasteiger partial charge in [-0.15, -0.1) is 12.4 Å². The van der Waals surface area contributed by atoms with Crippen LogP contribution in [0.5, 0.6) is 11.5 Å². The molecule has 3 fully saturated rings. The summed E-state index contributed by atoms with van der Waals surface area (Å²) in [6.07, 6.45) is 5.55. The molecule has 0 aromatic heterocycles. The number of likely N-dealkylation sites (tertiary alicyclic amines) is 1. The van der Waals surface area contributed by atoms with Gasteiger partial charge in [0.25, 0.3) is 0 Å². The molecule has 1 spiro atoms. The van der Waals surface area contributed by atoms with E-state index in [9.17, 15) is 4.79 Å². The number of hydrogen-bond donors (Lipinski definition) is 1. The lowest BCUT2D eigenvalue weighted by atomic mass is 9.91. The fourth-order valence-electron chi connectivity index (χ4n) is 4.87. The summed E-state index contributed by atoms with van der Waals surface area (Å²) in [5, 5.41) is 3.42. The highest BCUT2D eigenvalue weighted by Gasteiger charge is 2.59. The maximum atomic E-state index is 13.1. The zero-order valence-electron chi connectivity index (χ0n) is 14.3. The van der Waals surface area contributed by atoms with Crippen molar-refractivity contribution >= 4 is 18.3 Å². The van der Waals surface area contributed by atoms with Gasteiger partial charge >= 0.3 is 0 Å². The Hall–Kier alpha value is -1.46. The zero-order valence-corrected chi connectivity index (χ0v) is 15.1. The molecule has 5 nitrogen and oxygen atoms in total. The van der Waals surface area contributed by atoms with Crippen LogP contribution >= 0.6 is 12.4 Å². The molecule has 1 saturated carbocycles. The van der Waals surface area contributed by atoms with Gasteiger partial charge in [-0.3, -0.25) is 4.79 Å². The van der Waals surface area contributed by atoms with Gasteiger partial charge in [-0.2, -0.15) is 0 Å². The smallest absolute Gasteiger partial charge is 0.231 e. The second-order valence-corrected chi connectivity index (χ2v) is 7.67. The number of nitrogens with zero attached hydrogens (tertiary/aromatic N) is 1. The van der Waals surface area contributed by atoms with E-state index in [1.807, 2.05) is 6.07 Å². The molecule has 1 aromatic rings. The van der Waals surface area contributed by atoms with Crippen LogP contribution in [-0.2, 0) is 4.79 Å². The number of amides is 1. The first kappa shape index (κ1) is 17.0. The molecule has 0 bridgehead atoms. The van der Waals surface area contributed by atoms with Crippen LogP contribution in [0.3, 0.4) is 0 Å². The summed E-state index contributed by atoms with van der Waals surface area (Å²) >= 11 is 0. The van der Waals surface area contributed by atoms with Crippen molar-refractivity contribution < 1.29 is 14.3 Å². The molecule has 5 rings (SSSR count). The number of halogens is 1. The Labute approximate surface area is 154 Å². The van der Waals surface area contributed by atoms with Crippen molar-refractivity contribution in [2.45, 2.75) is 38.1 Å². The molecule has 25 heavy (non-hydrogen) atoms. The summed E-state index contributed by atoms with van der Waals surface area (Å²) in [6.45, 7) is 3.32. The number of carbonyl (C=O) groups excluding carboxylic acids is 1. The number of ether oxygens (including phenoxy) is 2. The van der Waals surface area contributed by atoms with E-state index in [-0.39, 0.29) is 24.4 Å². The Morgan fingerprint density at radius 2 is 2.00 bits per heavy atom. The van der Waals surface area contributed by atoms with Gasteiger partial charge in [-0.25, -0.2) is 0 Å². The van der Waals surface area contributed by atoms with E-state index < -0.39 is 0 Å². The average Bonchev–Trinajstić information content (AvgIpc) is 3.01. The molecule has 3 heterocycles. The predicted molar refractivity (Wildman–Crippen MR) is 96.1 cm³/mol. The standard InChI is InChI=1S/C19H24N2O3.ClH/c22-18(14-11-19(14)5-7-20-8-6-19)21-9-1-2-15(21)13-3-4-16-17(10-13)24-12-23-16;/h3-4,10,14-15,20H,1-2,5-9,11-12H2;1H. The molecular weight excluding hydrogens is 340 g/mol. The van der Waals surface area contributed by atoms with Crippen molar-refractivity contribution in [3.8, 4) is 11.5 Å². The first-order chi connectivity index (χ1) is 11.8. The van der Waals surface area contributed by atoms with Gasteiger partial charge in [-0.05, 0) is 68.3 Å². The molecule has 4 aliphatic rings. The van der Waals surface area contributed by atoms with Crippen LogP contribution < -0.4 is 14.8 Å². The summed E-state index contributed by atoms with van der Waals surface area (Å²) in [4.78, 5) is 15.3. The van der Waals surface area contributed by atoms with Crippen LogP contribution in [0.15, 0.2) is 18.2 Å². The van der Waals surface area contributed by atoms with Crippen molar-refractivity contribution in [2.75, 3.05) is 26.4 Å². The number of nitrogens with one attached hydrogen (secondary N) is 1. The molecule has 6 heteroatoms. The molecule has 1 N–H and O–H groups in total. The normalized spacial score (nSPS) is 28.7. The number of hydrogen-bond acceptors (Lipinski definition) is 4. The van der Waals surface area contributed by atoms with Crippen LogP contribution in [0.4, 0.5) is 0 Å². The van der Waals surface area contributed by atoms with E-state index in [4.69, 9.17) is 9.47 Å². The summed E-state index contributed by atoms with van der Waals surface area (Å²) in [5.74, 6) is 2.27. The van der Waals surface area contributed by atoms with Crippen molar-refractivity contribution in [2.24, 2.45) is 11.3 Å². The largest absolute Gasteiger partial charge is 0.454 e. The summed E-state index contributed by atoms with van der Waals surface area (Å²) in [5.41, 5.74) is 1.50. The number of benzene rings is 1. The van der Waals surface area contributed by atoms with Crippen LogP contribution in [0.2, 0.25) is 0 Å². The fourth-order valence-corrected chi connectivity index (χ4v) is 4.87. The molecule has 0 radical (unpaired) electrons. The number of rotatable bonds is 2. The Morgan fingerprint density at radius 1 is 1.20 bits per heavy atom. The minimum atomic E-state index is 0. The van der Waals surface area contributed by atoms with Crippen LogP contribution in [0.25, 0.3) is 0 Å². The summed E-state index contributed by atoms with van der Waals surface area (Å²) < 4.78 is 10.9. The lowest BCUT2D eigenvalue weighted by Gasteiger charge is -2.28. The van der Waals surface area contributed by atoms with Gasteiger partial charge in [0, 0.05) is 12.5 Å². The molecule has 1 aliphatic carbocycles. The first-order valence-electron chi connectivity index (χ1n) is 9.18. The Kier molecular flexibility index (Phi) is 4.32. The third-order valence-corrected chi connectivity index (χ3v) is 6.40. The maximum absolute atomic E-state index is 13.1. The molecule has 3 aliphatic heterocycles. The van der Waals surface area contributed by atoms with Crippen LogP contribution in [0, 0.1) is 11.3 Å². The summed E-state index contributed by atoms with van der Waals surface area (Å²) in [7, 11) is 0. The fraction of sp³-hybridized carbons (Fsp3) is 0.632. The topological polar surface area (TPSA) is 50.8 Å².